The summed E-state index contributed by atoms with van der Waals surface area (Å²) in [5.74, 6) is 8.90. The molecular weight excluding hydrogens is 480 g/mol. The highest BCUT2D eigenvalue weighted by Gasteiger charge is 2.23. The summed E-state index contributed by atoms with van der Waals surface area (Å²) < 4.78 is 0. The Morgan fingerprint density at radius 1 is 0.250 bits per heavy atom. The molecule has 40 heavy (non-hydrogen) atoms. The molecule has 0 saturated heterocycles. The van der Waals surface area contributed by atoms with Crippen LogP contribution in [0, 0.1) is 59.2 Å². The van der Waals surface area contributed by atoms with E-state index in [2.05, 4.69) is 83.1 Å². The molecule has 0 heterocycles. The van der Waals surface area contributed by atoms with Crippen LogP contribution in [0.5, 0.6) is 0 Å². The molecule has 0 radical (unpaired) electrons. The van der Waals surface area contributed by atoms with E-state index >= 15 is 0 Å². The third-order valence-corrected chi connectivity index (χ3v) is 10.4. The molecule has 0 saturated carbocycles. The highest BCUT2D eigenvalue weighted by molar-refractivity contribution is 4.75. The minimum Gasteiger partial charge on any atom is -0.0628 e. The molecule has 0 aliphatic heterocycles. The Hall–Kier alpha value is 0. The van der Waals surface area contributed by atoms with E-state index in [1.807, 2.05) is 0 Å². The van der Waals surface area contributed by atoms with Gasteiger partial charge in [0, 0.05) is 0 Å². The number of hydrogen-bond donors (Lipinski definition) is 0. The zero-order valence-corrected chi connectivity index (χ0v) is 30.5. The average molecular weight is 563 g/mol. The molecule has 0 aromatic heterocycles. The largest absolute Gasteiger partial charge is 0.0628 e. The van der Waals surface area contributed by atoms with Crippen LogP contribution >= 0.6 is 0 Å². The van der Waals surface area contributed by atoms with E-state index in [0.717, 1.165) is 59.2 Å². The molecule has 0 aromatic carbocycles. The van der Waals surface area contributed by atoms with Crippen LogP contribution in [0.4, 0.5) is 0 Å². The van der Waals surface area contributed by atoms with Gasteiger partial charge < -0.3 is 0 Å². The topological polar surface area (TPSA) is 0 Å². The van der Waals surface area contributed by atoms with Crippen LogP contribution in [0.3, 0.4) is 0 Å². The van der Waals surface area contributed by atoms with E-state index in [0.29, 0.717) is 0 Å². The van der Waals surface area contributed by atoms with Crippen molar-refractivity contribution in [3.8, 4) is 0 Å². The Balaban J connectivity index is 5.19. The highest BCUT2D eigenvalue weighted by atomic mass is 14.3. The first-order valence-electron chi connectivity index (χ1n) is 18.8. The lowest BCUT2D eigenvalue weighted by molar-refractivity contribution is 0.208. The summed E-state index contributed by atoms with van der Waals surface area (Å²) in [6.45, 7) is 29.4. The Morgan fingerprint density at radius 3 is 0.775 bits per heavy atom. The predicted octanol–water partition coefficient (Wildman–Crippen LogP) is 14.4. The van der Waals surface area contributed by atoms with Gasteiger partial charge in [-0.15, -0.1) is 0 Å². The normalized spacial score (nSPS) is 17.1. The molecule has 0 rings (SSSR count). The Kier molecular flexibility index (Phi) is 24.4. The van der Waals surface area contributed by atoms with Crippen LogP contribution in [0.15, 0.2) is 0 Å². The fraction of sp³-hybridized carbons (Fsp3) is 1.00. The van der Waals surface area contributed by atoms with Gasteiger partial charge in [0.1, 0.15) is 0 Å². The predicted molar refractivity (Wildman–Crippen MR) is 186 cm³/mol. The molecule has 242 valence electrons. The smallest absolute Gasteiger partial charge is 0.0388 e. The van der Waals surface area contributed by atoms with Crippen LogP contribution in [0.2, 0.25) is 0 Å². The van der Waals surface area contributed by atoms with Crippen molar-refractivity contribution >= 4 is 0 Å². The molecule has 6 unspecified atom stereocenters. The monoisotopic (exact) mass is 563 g/mol. The van der Waals surface area contributed by atoms with Gasteiger partial charge >= 0.3 is 0 Å². The summed E-state index contributed by atoms with van der Waals surface area (Å²) in [4.78, 5) is 0. The first kappa shape index (κ1) is 40.0. The molecule has 0 spiro atoms. The molecule has 6 atom stereocenters. The van der Waals surface area contributed by atoms with Crippen molar-refractivity contribution in [3.63, 3.8) is 0 Å². The molecule has 0 heteroatoms. The summed E-state index contributed by atoms with van der Waals surface area (Å²) in [5.41, 5.74) is 0. The van der Waals surface area contributed by atoms with Gasteiger partial charge in [0.25, 0.3) is 0 Å². The Bertz CT molecular complexity index is 480. The van der Waals surface area contributed by atoms with E-state index in [1.165, 1.54) is 116 Å². The molecule has 0 amide bonds. The van der Waals surface area contributed by atoms with Crippen molar-refractivity contribution in [1.82, 2.24) is 0 Å². The second kappa shape index (κ2) is 24.4. The van der Waals surface area contributed by atoms with Gasteiger partial charge in [0.05, 0.1) is 0 Å². The zero-order valence-electron chi connectivity index (χ0n) is 30.5. The van der Waals surface area contributed by atoms with Crippen LogP contribution < -0.4 is 0 Å². The quantitative estimate of drug-likeness (QED) is 0.0933. The van der Waals surface area contributed by atoms with Crippen LogP contribution in [-0.4, -0.2) is 0 Å². The zero-order chi connectivity index (χ0) is 30.5. The van der Waals surface area contributed by atoms with Crippen molar-refractivity contribution in [2.45, 2.75) is 199 Å². The van der Waals surface area contributed by atoms with Gasteiger partial charge in [-0.3, -0.25) is 0 Å². The minimum atomic E-state index is 0.852. The molecule has 0 fully saturated rings. The fourth-order valence-electron chi connectivity index (χ4n) is 7.06. The maximum absolute atomic E-state index is 2.62. The third-order valence-electron chi connectivity index (χ3n) is 10.4. The van der Waals surface area contributed by atoms with Gasteiger partial charge in [-0.1, -0.05) is 173 Å². The lowest BCUT2D eigenvalue weighted by Crippen LogP contribution is -2.19. The van der Waals surface area contributed by atoms with Gasteiger partial charge in [-0.2, -0.15) is 0 Å². The van der Waals surface area contributed by atoms with Crippen molar-refractivity contribution < 1.29 is 0 Å². The lowest BCUT2D eigenvalue weighted by Gasteiger charge is -2.31. The van der Waals surface area contributed by atoms with E-state index in [9.17, 15) is 0 Å². The first-order chi connectivity index (χ1) is 18.8. The third kappa shape index (κ3) is 23.6. The first-order valence-corrected chi connectivity index (χ1v) is 18.8. The van der Waals surface area contributed by atoms with Crippen molar-refractivity contribution in [1.29, 1.82) is 0 Å². The summed E-state index contributed by atoms with van der Waals surface area (Å²) in [7, 11) is 0. The maximum atomic E-state index is 2.62. The molecule has 0 bridgehead atoms. The summed E-state index contributed by atoms with van der Waals surface area (Å²) in [6.07, 6.45) is 26.0. The van der Waals surface area contributed by atoms with Gasteiger partial charge in [-0.25, -0.2) is 0 Å². The number of hydrogen-bond acceptors (Lipinski definition) is 0. The lowest BCUT2D eigenvalue weighted by atomic mass is 9.75. The standard InChI is InChI=1S/C40H82/c1-31(2)17-13-21-35(9)25-27-39(37(11)23-15-19-33(5)6)29-30-40(38(12)24-16-20-34(7)8)28-26-36(10)22-14-18-32(3)4/h31-40H,13-30H2,1-12H3. The van der Waals surface area contributed by atoms with E-state index in [1.54, 1.807) is 0 Å². The molecule has 0 aromatic rings. The van der Waals surface area contributed by atoms with Crippen LogP contribution in [0.1, 0.15) is 199 Å². The molecular formula is C40H82. The Labute approximate surface area is 257 Å². The SMILES string of the molecule is CC(C)CCCC(C)CCC(CCC(CCC(C)CCCC(C)C)C(C)CCCC(C)C)C(C)CCCC(C)C. The number of rotatable bonds is 27. The van der Waals surface area contributed by atoms with Crippen molar-refractivity contribution in [2.24, 2.45) is 59.2 Å². The molecule has 0 nitrogen and oxygen atoms in total. The maximum Gasteiger partial charge on any atom is -0.0388 e. The van der Waals surface area contributed by atoms with E-state index in [-0.39, 0.29) is 0 Å². The summed E-state index contributed by atoms with van der Waals surface area (Å²) in [6, 6.07) is 0. The van der Waals surface area contributed by atoms with E-state index < -0.39 is 0 Å². The van der Waals surface area contributed by atoms with Gasteiger partial charge in [-0.05, 0) is 84.9 Å². The van der Waals surface area contributed by atoms with Crippen molar-refractivity contribution in [2.75, 3.05) is 0 Å². The van der Waals surface area contributed by atoms with Crippen LogP contribution in [-0.2, 0) is 0 Å². The van der Waals surface area contributed by atoms with Gasteiger partial charge in [0.2, 0.25) is 0 Å². The van der Waals surface area contributed by atoms with Crippen LogP contribution in [0.25, 0.3) is 0 Å². The van der Waals surface area contributed by atoms with E-state index in [4.69, 9.17) is 0 Å². The highest BCUT2D eigenvalue weighted by Crippen LogP contribution is 2.36. The average Bonchev–Trinajstić information content (AvgIpc) is 2.84. The molecule has 0 aliphatic rings. The summed E-state index contributed by atoms with van der Waals surface area (Å²) >= 11 is 0. The molecule has 0 aliphatic carbocycles. The fourth-order valence-corrected chi connectivity index (χ4v) is 7.06. The second-order valence-electron chi connectivity index (χ2n) is 16.7. The van der Waals surface area contributed by atoms with Crippen molar-refractivity contribution in [3.05, 3.63) is 0 Å². The van der Waals surface area contributed by atoms with Gasteiger partial charge in [0.15, 0.2) is 0 Å². The second-order valence-corrected chi connectivity index (χ2v) is 16.7. The summed E-state index contributed by atoms with van der Waals surface area (Å²) in [5, 5.41) is 0. The Morgan fingerprint density at radius 2 is 0.500 bits per heavy atom. The minimum absolute atomic E-state index is 0.852. The molecule has 0 N–H and O–H groups in total.